The minimum Gasteiger partial charge on any atom is -0.467 e. The monoisotopic (exact) mass is 242 g/mol. The standard InChI is InChI=1S/C16H18O2/c1-13-8-9-14(2)16(10-13)18-12-17-11-15-6-4-3-5-7-15/h3-10H,11-12H2,1-2H3. The molecule has 0 fully saturated rings. The zero-order valence-corrected chi connectivity index (χ0v) is 10.8. The van der Waals surface area contributed by atoms with Crippen LogP contribution in [0.2, 0.25) is 0 Å². The number of hydrogen-bond acceptors (Lipinski definition) is 2. The van der Waals surface area contributed by atoms with Crippen LogP contribution in [0.3, 0.4) is 0 Å². The number of benzene rings is 2. The topological polar surface area (TPSA) is 18.5 Å². The molecule has 2 rings (SSSR count). The normalized spacial score (nSPS) is 10.3. The van der Waals surface area contributed by atoms with Crippen molar-refractivity contribution in [2.24, 2.45) is 0 Å². The number of hydrogen-bond donors (Lipinski definition) is 0. The lowest BCUT2D eigenvalue weighted by Crippen LogP contribution is -2.04. The van der Waals surface area contributed by atoms with E-state index in [4.69, 9.17) is 9.47 Å². The van der Waals surface area contributed by atoms with Crippen LogP contribution in [0.15, 0.2) is 48.5 Å². The predicted molar refractivity (Wildman–Crippen MR) is 72.6 cm³/mol. The van der Waals surface area contributed by atoms with Gasteiger partial charge in [-0.1, -0.05) is 42.5 Å². The van der Waals surface area contributed by atoms with Crippen molar-refractivity contribution < 1.29 is 9.47 Å². The maximum Gasteiger partial charge on any atom is 0.189 e. The van der Waals surface area contributed by atoms with Crippen molar-refractivity contribution in [1.29, 1.82) is 0 Å². The highest BCUT2D eigenvalue weighted by molar-refractivity contribution is 5.35. The highest BCUT2D eigenvalue weighted by Gasteiger charge is 1.99. The fraction of sp³-hybridized carbons (Fsp3) is 0.250. The molecule has 0 spiro atoms. The molecule has 2 heteroatoms. The summed E-state index contributed by atoms with van der Waals surface area (Å²) in [5.41, 5.74) is 3.48. The molecule has 0 bridgehead atoms. The summed E-state index contributed by atoms with van der Waals surface area (Å²) in [5.74, 6) is 0.892. The van der Waals surface area contributed by atoms with Crippen molar-refractivity contribution in [2.75, 3.05) is 6.79 Å². The lowest BCUT2D eigenvalue weighted by atomic mass is 10.1. The maximum absolute atomic E-state index is 5.62. The molecule has 2 nitrogen and oxygen atoms in total. The first-order chi connectivity index (χ1) is 8.75. The van der Waals surface area contributed by atoms with E-state index in [2.05, 4.69) is 19.1 Å². The molecule has 2 aromatic carbocycles. The molecule has 0 saturated heterocycles. The van der Waals surface area contributed by atoms with Crippen molar-refractivity contribution >= 4 is 0 Å². The summed E-state index contributed by atoms with van der Waals surface area (Å²) in [5, 5.41) is 0. The Kier molecular flexibility index (Phi) is 4.37. The third kappa shape index (κ3) is 3.60. The van der Waals surface area contributed by atoms with Gasteiger partial charge in [-0.3, -0.25) is 0 Å². The van der Waals surface area contributed by atoms with Crippen LogP contribution in [0.5, 0.6) is 5.75 Å². The van der Waals surface area contributed by atoms with Gasteiger partial charge in [0, 0.05) is 0 Å². The minimum absolute atomic E-state index is 0.277. The van der Waals surface area contributed by atoms with Crippen LogP contribution in [-0.2, 0) is 11.3 Å². The van der Waals surface area contributed by atoms with Crippen molar-refractivity contribution in [3.05, 3.63) is 65.2 Å². The van der Waals surface area contributed by atoms with Gasteiger partial charge in [0.05, 0.1) is 6.61 Å². The van der Waals surface area contributed by atoms with Crippen LogP contribution in [-0.4, -0.2) is 6.79 Å². The number of rotatable bonds is 5. The Bertz CT molecular complexity index is 492. The highest BCUT2D eigenvalue weighted by atomic mass is 16.7. The van der Waals surface area contributed by atoms with Gasteiger partial charge in [0.25, 0.3) is 0 Å². The average molecular weight is 242 g/mol. The fourth-order valence-corrected chi connectivity index (χ4v) is 1.70. The van der Waals surface area contributed by atoms with E-state index < -0.39 is 0 Å². The Morgan fingerprint density at radius 1 is 0.944 bits per heavy atom. The van der Waals surface area contributed by atoms with Gasteiger partial charge < -0.3 is 9.47 Å². The Balaban J connectivity index is 1.80. The second-order valence-corrected chi connectivity index (χ2v) is 4.37. The molecular formula is C16H18O2. The first-order valence-corrected chi connectivity index (χ1v) is 6.07. The third-order valence-corrected chi connectivity index (χ3v) is 2.75. The van der Waals surface area contributed by atoms with E-state index in [0.29, 0.717) is 6.61 Å². The molecule has 0 saturated carbocycles. The Hall–Kier alpha value is -1.80. The van der Waals surface area contributed by atoms with Gasteiger partial charge in [-0.05, 0) is 36.6 Å². The van der Waals surface area contributed by atoms with Gasteiger partial charge in [-0.15, -0.1) is 0 Å². The molecule has 0 amide bonds. The van der Waals surface area contributed by atoms with E-state index in [1.807, 2.05) is 43.3 Å². The van der Waals surface area contributed by atoms with Crippen LogP contribution in [0.4, 0.5) is 0 Å². The van der Waals surface area contributed by atoms with Gasteiger partial charge in [-0.2, -0.15) is 0 Å². The van der Waals surface area contributed by atoms with Crippen LogP contribution in [0.1, 0.15) is 16.7 Å². The molecular weight excluding hydrogens is 224 g/mol. The molecule has 0 aliphatic heterocycles. The summed E-state index contributed by atoms with van der Waals surface area (Å²) >= 11 is 0. The Morgan fingerprint density at radius 2 is 1.72 bits per heavy atom. The molecule has 18 heavy (non-hydrogen) atoms. The predicted octanol–water partition coefficient (Wildman–Crippen LogP) is 3.86. The smallest absolute Gasteiger partial charge is 0.189 e. The van der Waals surface area contributed by atoms with Gasteiger partial charge in [0.2, 0.25) is 0 Å². The van der Waals surface area contributed by atoms with E-state index in [1.54, 1.807) is 0 Å². The molecule has 0 aliphatic carbocycles. The van der Waals surface area contributed by atoms with Crippen molar-refractivity contribution in [1.82, 2.24) is 0 Å². The summed E-state index contributed by atoms with van der Waals surface area (Å²) in [4.78, 5) is 0. The van der Waals surface area contributed by atoms with E-state index in [-0.39, 0.29) is 6.79 Å². The molecule has 0 aromatic heterocycles. The van der Waals surface area contributed by atoms with Crippen LogP contribution >= 0.6 is 0 Å². The Labute approximate surface area is 108 Å². The zero-order valence-electron chi connectivity index (χ0n) is 10.8. The van der Waals surface area contributed by atoms with Crippen molar-refractivity contribution in [3.63, 3.8) is 0 Å². The molecule has 0 N–H and O–H groups in total. The summed E-state index contributed by atoms with van der Waals surface area (Å²) in [7, 11) is 0. The first kappa shape index (κ1) is 12.7. The average Bonchev–Trinajstić information content (AvgIpc) is 2.40. The highest BCUT2D eigenvalue weighted by Crippen LogP contribution is 2.19. The lowest BCUT2D eigenvalue weighted by Gasteiger charge is -2.10. The lowest BCUT2D eigenvalue weighted by molar-refractivity contribution is 0.00466. The molecule has 0 radical (unpaired) electrons. The van der Waals surface area contributed by atoms with Crippen LogP contribution < -0.4 is 4.74 Å². The Morgan fingerprint density at radius 3 is 2.50 bits per heavy atom. The van der Waals surface area contributed by atoms with E-state index >= 15 is 0 Å². The number of ether oxygens (including phenoxy) is 2. The second kappa shape index (κ2) is 6.22. The van der Waals surface area contributed by atoms with Gasteiger partial charge in [0.15, 0.2) is 6.79 Å². The first-order valence-electron chi connectivity index (χ1n) is 6.07. The SMILES string of the molecule is Cc1ccc(C)c(OCOCc2ccccc2)c1. The molecule has 0 aliphatic rings. The van der Waals surface area contributed by atoms with Gasteiger partial charge in [-0.25, -0.2) is 0 Å². The maximum atomic E-state index is 5.62. The molecule has 94 valence electrons. The van der Waals surface area contributed by atoms with Crippen molar-refractivity contribution in [2.45, 2.75) is 20.5 Å². The fourth-order valence-electron chi connectivity index (χ4n) is 1.70. The van der Waals surface area contributed by atoms with Crippen LogP contribution in [0, 0.1) is 13.8 Å². The van der Waals surface area contributed by atoms with E-state index in [9.17, 15) is 0 Å². The zero-order chi connectivity index (χ0) is 12.8. The van der Waals surface area contributed by atoms with E-state index in [1.165, 1.54) is 5.56 Å². The second-order valence-electron chi connectivity index (χ2n) is 4.37. The van der Waals surface area contributed by atoms with Crippen molar-refractivity contribution in [3.8, 4) is 5.75 Å². The molecule has 0 atom stereocenters. The molecule has 0 heterocycles. The summed E-state index contributed by atoms with van der Waals surface area (Å²) in [6.07, 6.45) is 0. The molecule has 0 unspecified atom stereocenters. The van der Waals surface area contributed by atoms with Crippen LogP contribution in [0.25, 0.3) is 0 Å². The molecule has 2 aromatic rings. The quantitative estimate of drug-likeness (QED) is 0.585. The van der Waals surface area contributed by atoms with Gasteiger partial charge >= 0.3 is 0 Å². The third-order valence-electron chi connectivity index (χ3n) is 2.75. The number of aryl methyl sites for hydroxylation is 2. The van der Waals surface area contributed by atoms with Gasteiger partial charge in [0.1, 0.15) is 5.75 Å². The summed E-state index contributed by atoms with van der Waals surface area (Å²) in [6, 6.07) is 16.2. The summed E-state index contributed by atoms with van der Waals surface area (Å²) in [6.45, 7) is 4.94. The summed E-state index contributed by atoms with van der Waals surface area (Å²) < 4.78 is 11.1. The minimum atomic E-state index is 0.277. The van der Waals surface area contributed by atoms with E-state index in [0.717, 1.165) is 16.9 Å². The largest absolute Gasteiger partial charge is 0.467 e.